The van der Waals surface area contributed by atoms with Crippen LogP contribution in [0.5, 0.6) is 0 Å². The maximum atomic E-state index is 11.8. The molecule has 0 fully saturated rings. The fourth-order valence-corrected chi connectivity index (χ4v) is 5.11. The van der Waals surface area contributed by atoms with Gasteiger partial charge in [0.25, 0.3) is 0 Å². The average molecular weight is 536 g/mol. The predicted molar refractivity (Wildman–Crippen MR) is 151 cm³/mol. The first-order chi connectivity index (χ1) is 17.5. The quantitative estimate of drug-likeness (QED) is 0.220. The van der Waals surface area contributed by atoms with E-state index in [2.05, 4.69) is 4.98 Å². The highest BCUT2D eigenvalue weighted by Crippen LogP contribution is 2.34. The van der Waals surface area contributed by atoms with Gasteiger partial charge < -0.3 is 5.11 Å². The van der Waals surface area contributed by atoms with E-state index in [9.17, 15) is 13.9 Å². The summed E-state index contributed by atoms with van der Waals surface area (Å²) in [6.07, 6.45) is 4.85. The van der Waals surface area contributed by atoms with E-state index in [4.69, 9.17) is 15.8 Å². The molecule has 0 aliphatic carbocycles. The molecule has 192 valence electrons. The topological polar surface area (TPSA) is 79.7 Å². The Bertz CT molecular complexity index is 1460. The average Bonchev–Trinajstić information content (AvgIpc) is 2.85. The van der Waals surface area contributed by atoms with Crippen LogP contribution in [0.25, 0.3) is 23.1 Å². The van der Waals surface area contributed by atoms with Crippen molar-refractivity contribution in [2.24, 2.45) is 0 Å². The highest BCUT2D eigenvalue weighted by Gasteiger charge is 2.31. The van der Waals surface area contributed by atoms with Crippen molar-refractivity contribution in [2.75, 3.05) is 0 Å². The summed E-state index contributed by atoms with van der Waals surface area (Å²) in [7, 11) is 0. The van der Waals surface area contributed by atoms with Gasteiger partial charge in [-0.3, -0.25) is 8.74 Å². The summed E-state index contributed by atoms with van der Waals surface area (Å²) in [5.74, 6) is 0. The van der Waals surface area contributed by atoms with E-state index in [0.29, 0.717) is 17.9 Å². The number of hydrogen-bond donors (Lipinski definition) is 2. The number of pyridine rings is 1. The zero-order valence-electron chi connectivity index (χ0n) is 21.0. The van der Waals surface area contributed by atoms with Crippen LogP contribution in [0.3, 0.4) is 0 Å². The minimum Gasteiger partial charge on any atom is -0.386 e. The van der Waals surface area contributed by atoms with Gasteiger partial charge in [0.15, 0.2) is 0 Å². The maximum absolute atomic E-state index is 11.8. The molecular weight excluding hydrogens is 506 g/mol. The number of hydrogen-bond acceptors (Lipinski definition) is 4. The van der Waals surface area contributed by atoms with E-state index in [1.165, 1.54) is 0 Å². The van der Waals surface area contributed by atoms with E-state index in [0.717, 1.165) is 38.9 Å². The Morgan fingerprint density at radius 2 is 1.73 bits per heavy atom. The Kier molecular flexibility index (Phi) is 8.26. The van der Waals surface area contributed by atoms with E-state index in [-0.39, 0.29) is 0 Å². The van der Waals surface area contributed by atoms with Crippen molar-refractivity contribution in [3.05, 3.63) is 112 Å². The Morgan fingerprint density at radius 3 is 2.49 bits per heavy atom. The lowest BCUT2D eigenvalue weighted by Crippen LogP contribution is -2.28. The number of aryl methyl sites for hydroxylation is 1. The van der Waals surface area contributed by atoms with Gasteiger partial charge in [-0.15, -0.1) is 0 Å². The predicted octanol–water partition coefficient (Wildman–Crippen LogP) is 7.29. The molecule has 0 bridgehead atoms. The highest BCUT2D eigenvalue weighted by molar-refractivity contribution is 7.74. The molecule has 7 heteroatoms. The summed E-state index contributed by atoms with van der Waals surface area (Å²) in [6, 6.07) is 24.9. The van der Waals surface area contributed by atoms with E-state index < -0.39 is 22.6 Å². The fourth-order valence-electron chi connectivity index (χ4n) is 4.45. The van der Waals surface area contributed by atoms with Gasteiger partial charge in [-0.1, -0.05) is 72.3 Å². The maximum Gasteiger partial charge on any atom is 0.302 e. The number of halogens is 1. The molecule has 5 nitrogen and oxygen atoms in total. The SMILES string of the molecule is CC(C)(O)c1ccccc1CCC(C)(OS(=O)O)c1cccc(C=Cc2ccc3ccc(Cl)cc3n2)c1. The molecule has 4 aromatic rings. The monoisotopic (exact) mass is 535 g/mol. The van der Waals surface area contributed by atoms with Gasteiger partial charge in [0.1, 0.15) is 5.60 Å². The molecule has 2 N–H and O–H groups in total. The van der Waals surface area contributed by atoms with Crippen LogP contribution in [0, 0.1) is 0 Å². The molecule has 1 heterocycles. The minimum atomic E-state index is -2.46. The van der Waals surface area contributed by atoms with Gasteiger partial charge in [0.2, 0.25) is 0 Å². The van der Waals surface area contributed by atoms with Crippen molar-refractivity contribution in [2.45, 2.75) is 44.8 Å². The van der Waals surface area contributed by atoms with Crippen LogP contribution in [0.4, 0.5) is 0 Å². The second kappa shape index (κ2) is 11.3. The molecule has 0 saturated heterocycles. The second-order valence-electron chi connectivity index (χ2n) is 9.78. The summed E-state index contributed by atoms with van der Waals surface area (Å²) < 4.78 is 27.0. The van der Waals surface area contributed by atoms with Gasteiger partial charge in [-0.25, -0.2) is 4.98 Å². The van der Waals surface area contributed by atoms with Gasteiger partial charge in [0, 0.05) is 10.4 Å². The lowest BCUT2D eigenvalue weighted by molar-refractivity contribution is 0.0729. The van der Waals surface area contributed by atoms with Gasteiger partial charge >= 0.3 is 11.4 Å². The molecule has 0 saturated carbocycles. The first-order valence-corrected chi connectivity index (χ1v) is 13.4. The molecule has 0 radical (unpaired) electrons. The Morgan fingerprint density at radius 1 is 0.973 bits per heavy atom. The third kappa shape index (κ3) is 6.92. The largest absolute Gasteiger partial charge is 0.386 e. The fraction of sp³-hybridized carbons (Fsp3) is 0.233. The number of nitrogens with zero attached hydrogens (tertiary/aromatic N) is 1. The molecule has 3 aromatic carbocycles. The van der Waals surface area contributed by atoms with Crippen LogP contribution < -0.4 is 0 Å². The second-order valence-corrected chi connectivity index (χ2v) is 10.8. The van der Waals surface area contributed by atoms with Crippen molar-refractivity contribution in [3.8, 4) is 0 Å². The lowest BCUT2D eigenvalue weighted by atomic mass is 9.85. The van der Waals surface area contributed by atoms with Crippen LogP contribution in [0.2, 0.25) is 5.02 Å². The summed E-state index contributed by atoms with van der Waals surface area (Å²) in [5, 5.41) is 12.2. The highest BCUT2D eigenvalue weighted by atomic mass is 35.5. The smallest absolute Gasteiger partial charge is 0.302 e. The van der Waals surface area contributed by atoms with Crippen LogP contribution in [-0.2, 0) is 33.2 Å². The molecule has 37 heavy (non-hydrogen) atoms. The summed E-state index contributed by atoms with van der Waals surface area (Å²) in [6.45, 7) is 5.31. The number of benzene rings is 3. The molecule has 0 spiro atoms. The summed E-state index contributed by atoms with van der Waals surface area (Å²) in [5.41, 5.74) is 3.04. The molecule has 1 aromatic heterocycles. The third-order valence-electron chi connectivity index (χ3n) is 6.42. The first-order valence-electron chi connectivity index (χ1n) is 12.0. The number of aliphatic hydroxyl groups is 1. The van der Waals surface area contributed by atoms with Crippen LogP contribution in [0.15, 0.2) is 78.9 Å². The zero-order chi connectivity index (χ0) is 26.6. The van der Waals surface area contributed by atoms with Crippen LogP contribution in [0.1, 0.15) is 55.1 Å². The van der Waals surface area contributed by atoms with E-state index in [1.807, 2.05) is 97.9 Å². The molecule has 2 unspecified atom stereocenters. The van der Waals surface area contributed by atoms with Gasteiger partial charge in [0.05, 0.1) is 16.8 Å². The third-order valence-corrected chi connectivity index (χ3v) is 7.17. The zero-order valence-corrected chi connectivity index (χ0v) is 22.6. The molecule has 0 aliphatic rings. The number of fused-ring (bicyclic) bond motifs is 1. The number of aromatic nitrogens is 1. The van der Waals surface area contributed by atoms with Crippen molar-refractivity contribution < 1.29 is 18.1 Å². The molecule has 2 atom stereocenters. The molecule has 4 rings (SSSR count). The normalized spacial score (nSPS) is 14.6. The van der Waals surface area contributed by atoms with Crippen molar-refractivity contribution in [1.29, 1.82) is 0 Å². The van der Waals surface area contributed by atoms with E-state index in [1.54, 1.807) is 13.8 Å². The minimum absolute atomic E-state index is 0.437. The molecule has 0 amide bonds. The summed E-state index contributed by atoms with van der Waals surface area (Å²) >= 11 is 3.65. The van der Waals surface area contributed by atoms with Crippen molar-refractivity contribution in [3.63, 3.8) is 0 Å². The summed E-state index contributed by atoms with van der Waals surface area (Å²) in [4.78, 5) is 4.66. The van der Waals surface area contributed by atoms with Gasteiger partial charge in [-0.05, 0) is 86.2 Å². The molecule has 0 aliphatic heterocycles. The molecular formula is C30H30ClNO4S. The van der Waals surface area contributed by atoms with Gasteiger partial charge in [-0.2, -0.15) is 4.21 Å². The van der Waals surface area contributed by atoms with Crippen molar-refractivity contribution >= 4 is 46.0 Å². The Labute approximate surface area is 225 Å². The number of rotatable bonds is 9. The first kappa shape index (κ1) is 27.2. The van der Waals surface area contributed by atoms with Crippen LogP contribution >= 0.6 is 11.6 Å². The standard InChI is InChI=1S/C30H30ClNO4S/c1-29(2,33)27-10-5-4-8-22(27)17-18-30(3,36-37(34)35)24-9-6-7-21(19-24)11-15-26-16-13-23-12-14-25(31)20-28(23)32-26/h4-16,19-20,33H,17-18H2,1-3H3,(H,34,35). The van der Waals surface area contributed by atoms with Crippen LogP contribution in [-0.4, -0.2) is 18.9 Å². The van der Waals surface area contributed by atoms with Crippen molar-refractivity contribution in [1.82, 2.24) is 4.98 Å². The Balaban J connectivity index is 1.60. The van der Waals surface area contributed by atoms with E-state index >= 15 is 0 Å². The Hall–Kier alpha value is -2.87. The lowest BCUT2D eigenvalue weighted by Gasteiger charge is -2.29.